The van der Waals surface area contributed by atoms with Crippen molar-refractivity contribution in [3.63, 3.8) is 0 Å². The van der Waals surface area contributed by atoms with Gasteiger partial charge in [0.2, 0.25) is 5.89 Å². The molecule has 1 heterocycles. The van der Waals surface area contributed by atoms with Crippen molar-refractivity contribution >= 4 is 17.5 Å². The molecule has 4 aromatic rings. The summed E-state index contributed by atoms with van der Waals surface area (Å²) in [5.74, 6) is 1.91. The van der Waals surface area contributed by atoms with Crippen LogP contribution in [-0.4, -0.2) is 25.1 Å². The van der Waals surface area contributed by atoms with Gasteiger partial charge in [-0.1, -0.05) is 35.9 Å². The van der Waals surface area contributed by atoms with Crippen LogP contribution in [0.5, 0.6) is 11.5 Å². The Balaban J connectivity index is 1.61. The van der Waals surface area contributed by atoms with Gasteiger partial charge >= 0.3 is 0 Å². The Hall–Kier alpha value is -3.77. The number of hydrogen-bond acceptors (Lipinski definition) is 5. The van der Waals surface area contributed by atoms with Gasteiger partial charge in [0.1, 0.15) is 11.5 Å². The fourth-order valence-electron chi connectivity index (χ4n) is 3.50. The molecule has 4 rings (SSSR count). The Bertz CT molecular complexity index is 1270. The molecule has 1 aromatic heterocycles. The molecule has 7 heteroatoms. The van der Waals surface area contributed by atoms with Crippen LogP contribution in [0.2, 0.25) is 5.02 Å². The highest BCUT2D eigenvalue weighted by Gasteiger charge is 2.20. The highest BCUT2D eigenvalue weighted by Crippen LogP contribution is 2.35. The fourth-order valence-corrected chi connectivity index (χ4v) is 3.63. The topological polar surface area (TPSA) is 73.6 Å². The molecule has 0 aliphatic carbocycles. The lowest BCUT2D eigenvalue weighted by atomic mass is 10.0. The van der Waals surface area contributed by atoms with Gasteiger partial charge in [0.25, 0.3) is 5.91 Å². The van der Waals surface area contributed by atoms with Crippen LogP contribution >= 0.6 is 11.6 Å². The minimum Gasteiger partial charge on any atom is -0.497 e. The van der Waals surface area contributed by atoms with E-state index in [1.165, 1.54) is 0 Å². The Morgan fingerprint density at radius 3 is 2.48 bits per heavy atom. The van der Waals surface area contributed by atoms with E-state index in [0.717, 1.165) is 11.1 Å². The number of nitrogens with zero attached hydrogens (tertiary/aromatic N) is 1. The average Bonchev–Trinajstić information content (AvgIpc) is 3.34. The summed E-state index contributed by atoms with van der Waals surface area (Å²) >= 11 is 5.97. The molecule has 0 fully saturated rings. The Morgan fingerprint density at radius 2 is 1.76 bits per heavy atom. The summed E-state index contributed by atoms with van der Waals surface area (Å²) in [6.45, 7) is 1.92. The summed E-state index contributed by atoms with van der Waals surface area (Å²) in [6.07, 6.45) is 1.62. The number of aromatic nitrogens is 1. The molecule has 6 nitrogen and oxygen atoms in total. The first-order valence-corrected chi connectivity index (χ1v) is 10.7. The molecule has 1 atom stereocenters. The molecule has 0 unspecified atom stereocenters. The monoisotopic (exact) mass is 462 g/mol. The lowest BCUT2D eigenvalue weighted by Gasteiger charge is -2.15. The Morgan fingerprint density at radius 1 is 1.00 bits per heavy atom. The number of carbonyl (C=O) groups excluding carboxylic acids is 1. The van der Waals surface area contributed by atoms with E-state index in [9.17, 15) is 4.79 Å². The van der Waals surface area contributed by atoms with Crippen molar-refractivity contribution < 1.29 is 18.7 Å². The van der Waals surface area contributed by atoms with Crippen LogP contribution in [-0.2, 0) is 0 Å². The summed E-state index contributed by atoms with van der Waals surface area (Å²) in [6, 6.07) is 19.8. The van der Waals surface area contributed by atoms with Gasteiger partial charge < -0.3 is 19.2 Å². The van der Waals surface area contributed by atoms with Gasteiger partial charge in [-0.05, 0) is 48.9 Å². The number of halogens is 1. The quantitative estimate of drug-likeness (QED) is 0.355. The van der Waals surface area contributed by atoms with Gasteiger partial charge in [0, 0.05) is 16.7 Å². The normalized spacial score (nSPS) is 11.6. The second-order valence-corrected chi connectivity index (χ2v) is 7.82. The van der Waals surface area contributed by atoms with Crippen molar-refractivity contribution in [2.24, 2.45) is 0 Å². The Labute approximate surface area is 197 Å². The van der Waals surface area contributed by atoms with Crippen LogP contribution < -0.4 is 14.8 Å². The standard InChI is InChI=1S/C26H23ClN2O4/c1-16(17-8-10-18(27)11-9-17)29-25(30)20-6-4-5-7-21(20)26-28-15-24(33-26)22-13-12-19(31-2)14-23(22)32-3/h4-16H,1-3H3,(H,29,30)/t16-/m0/s1. The van der Waals surface area contributed by atoms with E-state index in [4.69, 9.17) is 25.5 Å². The number of nitrogens with one attached hydrogen (secondary N) is 1. The van der Waals surface area contributed by atoms with Gasteiger partial charge in [-0.25, -0.2) is 4.98 Å². The molecule has 0 saturated carbocycles. The lowest BCUT2D eigenvalue weighted by molar-refractivity contribution is 0.0940. The third kappa shape index (κ3) is 4.86. The lowest BCUT2D eigenvalue weighted by Crippen LogP contribution is -2.27. The number of hydrogen-bond donors (Lipinski definition) is 1. The molecule has 33 heavy (non-hydrogen) atoms. The largest absolute Gasteiger partial charge is 0.497 e. The smallest absolute Gasteiger partial charge is 0.252 e. The van der Waals surface area contributed by atoms with Crippen LogP contribution in [0.3, 0.4) is 0 Å². The maximum Gasteiger partial charge on any atom is 0.252 e. The zero-order valence-electron chi connectivity index (χ0n) is 18.5. The van der Waals surface area contributed by atoms with Gasteiger partial charge in [-0.3, -0.25) is 4.79 Å². The fraction of sp³-hybridized carbons (Fsp3) is 0.154. The molecule has 168 valence electrons. The summed E-state index contributed by atoms with van der Waals surface area (Å²) < 4.78 is 16.8. The molecular weight excluding hydrogens is 440 g/mol. The average molecular weight is 463 g/mol. The third-order valence-electron chi connectivity index (χ3n) is 5.30. The maximum atomic E-state index is 13.1. The number of benzene rings is 3. The SMILES string of the molecule is COc1ccc(-c2cnc(-c3ccccc3C(=O)N[C@@H](C)c3ccc(Cl)cc3)o2)c(OC)c1. The van der Waals surface area contributed by atoms with Crippen molar-refractivity contribution in [2.45, 2.75) is 13.0 Å². The van der Waals surface area contributed by atoms with E-state index in [2.05, 4.69) is 10.3 Å². The van der Waals surface area contributed by atoms with Gasteiger partial charge in [-0.2, -0.15) is 0 Å². The predicted octanol–water partition coefficient (Wildman–Crippen LogP) is 6.17. The zero-order valence-corrected chi connectivity index (χ0v) is 19.2. The summed E-state index contributed by atoms with van der Waals surface area (Å²) in [5.41, 5.74) is 2.75. The number of oxazole rings is 1. The molecule has 0 spiro atoms. The Kier molecular flexibility index (Phi) is 6.66. The number of rotatable bonds is 7. The molecule has 0 radical (unpaired) electrons. The highest BCUT2D eigenvalue weighted by atomic mass is 35.5. The minimum absolute atomic E-state index is 0.202. The maximum absolute atomic E-state index is 13.1. The van der Waals surface area contributed by atoms with Crippen LogP contribution in [0.4, 0.5) is 0 Å². The summed E-state index contributed by atoms with van der Waals surface area (Å²) in [5, 5.41) is 3.68. The van der Waals surface area contributed by atoms with Crippen LogP contribution in [0, 0.1) is 0 Å². The zero-order chi connectivity index (χ0) is 23.4. The highest BCUT2D eigenvalue weighted by molar-refractivity contribution is 6.30. The van der Waals surface area contributed by atoms with Crippen molar-refractivity contribution in [2.75, 3.05) is 14.2 Å². The van der Waals surface area contributed by atoms with Crippen molar-refractivity contribution in [1.82, 2.24) is 10.3 Å². The predicted molar refractivity (Wildman–Crippen MR) is 128 cm³/mol. The second kappa shape index (κ2) is 9.79. The van der Waals surface area contributed by atoms with E-state index < -0.39 is 0 Å². The van der Waals surface area contributed by atoms with Crippen molar-refractivity contribution in [1.29, 1.82) is 0 Å². The van der Waals surface area contributed by atoms with Crippen molar-refractivity contribution in [3.8, 4) is 34.3 Å². The molecule has 0 bridgehead atoms. The van der Waals surface area contributed by atoms with E-state index >= 15 is 0 Å². The summed E-state index contributed by atoms with van der Waals surface area (Å²) in [4.78, 5) is 17.5. The van der Waals surface area contributed by atoms with Gasteiger partial charge in [0.05, 0.1) is 37.6 Å². The van der Waals surface area contributed by atoms with Gasteiger partial charge in [-0.15, -0.1) is 0 Å². The number of amides is 1. The second-order valence-electron chi connectivity index (χ2n) is 7.39. The first-order valence-electron chi connectivity index (χ1n) is 10.3. The van der Waals surface area contributed by atoms with E-state index in [1.54, 1.807) is 44.7 Å². The summed E-state index contributed by atoms with van der Waals surface area (Å²) in [7, 11) is 3.17. The first kappa shape index (κ1) is 22.4. The molecular formula is C26H23ClN2O4. The molecule has 0 aliphatic heterocycles. The number of methoxy groups -OCH3 is 2. The molecule has 3 aromatic carbocycles. The van der Waals surface area contributed by atoms with Crippen molar-refractivity contribution in [3.05, 3.63) is 89.1 Å². The van der Waals surface area contributed by atoms with Gasteiger partial charge in [0.15, 0.2) is 5.76 Å². The minimum atomic E-state index is -0.227. The van der Waals surface area contributed by atoms with Crippen LogP contribution in [0.1, 0.15) is 28.9 Å². The molecule has 0 saturated heterocycles. The number of ether oxygens (including phenoxy) is 2. The molecule has 1 amide bonds. The number of carbonyl (C=O) groups is 1. The van der Waals surface area contributed by atoms with Crippen LogP contribution in [0.15, 0.2) is 77.3 Å². The van der Waals surface area contributed by atoms with E-state index in [1.807, 2.05) is 49.4 Å². The first-order chi connectivity index (χ1) is 16.0. The van der Waals surface area contributed by atoms with E-state index in [0.29, 0.717) is 39.3 Å². The molecule has 1 N–H and O–H groups in total. The molecule has 0 aliphatic rings. The van der Waals surface area contributed by atoms with E-state index in [-0.39, 0.29) is 11.9 Å². The third-order valence-corrected chi connectivity index (χ3v) is 5.55. The van der Waals surface area contributed by atoms with Crippen LogP contribution in [0.25, 0.3) is 22.8 Å².